The van der Waals surface area contributed by atoms with E-state index in [4.69, 9.17) is 10.3 Å². The van der Waals surface area contributed by atoms with Gasteiger partial charge in [0.05, 0.1) is 11.3 Å². The SMILES string of the molecule is CCCCCCCCc1cc(NO)cc(C(=O)O)c1. The number of nitrogens with one attached hydrogen (secondary N) is 1. The first kappa shape index (κ1) is 15.5. The van der Waals surface area contributed by atoms with E-state index in [1.165, 1.54) is 38.2 Å². The van der Waals surface area contributed by atoms with Crippen LogP contribution in [-0.4, -0.2) is 16.3 Å². The van der Waals surface area contributed by atoms with E-state index < -0.39 is 5.97 Å². The maximum atomic E-state index is 11.0. The number of rotatable bonds is 9. The van der Waals surface area contributed by atoms with Gasteiger partial charge in [-0.15, -0.1) is 0 Å². The van der Waals surface area contributed by atoms with Crippen molar-refractivity contribution in [1.82, 2.24) is 0 Å². The number of aromatic carboxylic acids is 1. The molecule has 0 saturated heterocycles. The second kappa shape index (κ2) is 8.53. The Morgan fingerprint density at radius 2 is 1.79 bits per heavy atom. The molecule has 0 heterocycles. The maximum absolute atomic E-state index is 11.0. The quantitative estimate of drug-likeness (QED) is 0.464. The van der Waals surface area contributed by atoms with Crippen LogP contribution in [0.1, 0.15) is 61.4 Å². The fourth-order valence-corrected chi connectivity index (χ4v) is 2.13. The average Bonchev–Trinajstić information content (AvgIpc) is 2.42. The molecule has 0 aromatic heterocycles. The van der Waals surface area contributed by atoms with Crippen molar-refractivity contribution < 1.29 is 15.1 Å². The van der Waals surface area contributed by atoms with E-state index in [0.29, 0.717) is 5.69 Å². The lowest BCUT2D eigenvalue weighted by molar-refractivity contribution is 0.0697. The van der Waals surface area contributed by atoms with Crippen molar-refractivity contribution in [1.29, 1.82) is 0 Å². The van der Waals surface area contributed by atoms with Crippen LogP contribution in [0, 0.1) is 0 Å². The normalized spacial score (nSPS) is 10.4. The van der Waals surface area contributed by atoms with Crippen LogP contribution in [-0.2, 0) is 6.42 Å². The first-order valence-corrected chi connectivity index (χ1v) is 6.94. The van der Waals surface area contributed by atoms with Crippen molar-refractivity contribution in [2.24, 2.45) is 0 Å². The zero-order valence-electron chi connectivity index (χ0n) is 11.5. The van der Waals surface area contributed by atoms with Crippen LogP contribution in [0.2, 0.25) is 0 Å². The molecule has 0 fully saturated rings. The van der Waals surface area contributed by atoms with E-state index >= 15 is 0 Å². The number of anilines is 1. The van der Waals surface area contributed by atoms with Crippen LogP contribution in [0.15, 0.2) is 18.2 Å². The summed E-state index contributed by atoms with van der Waals surface area (Å²) in [6.45, 7) is 2.20. The number of carboxylic acid groups (broad SMARTS) is 1. The number of benzene rings is 1. The highest BCUT2D eigenvalue weighted by molar-refractivity contribution is 5.89. The Morgan fingerprint density at radius 1 is 1.11 bits per heavy atom. The second-order valence-corrected chi connectivity index (χ2v) is 4.85. The number of hydrogen-bond donors (Lipinski definition) is 3. The van der Waals surface area contributed by atoms with Crippen LogP contribution in [0.3, 0.4) is 0 Å². The average molecular weight is 265 g/mol. The van der Waals surface area contributed by atoms with Crippen molar-refractivity contribution in [3.63, 3.8) is 0 Å². The van der Waals surface area contributed by atoms with Crippen molar-refractivity contribution in [3.05, 3.63) is 29.3 Å². The van der Waals surface area contributed by atoms with Gasteiger partial charge >= 0.3 is 5.97 Å². The molecular formula is C15H23NO3. The van der Waals surface area contributed by atoms with Gasteiger partial charge in [0.1, 0.15) is 0 Å². The molecule has 0 radical (unpaired) electrons. The van der Waals surface area contributed by atoms with E-state index in [9.17, 15) is 4.79 Å². The molecule has 0 saturated carbocycles. The third kappa shape index (κ3) is 5.75. The highest BCUT2D eigenvalue weighted by Gasteiger charge is 2.06. The molecule has 4 heteroatoms. The van der Waals surface area contributed by atoms with E-state index in [2.05, 4.69) is 6.92 Å². The van der Waals surface area contributed by atoms with Gasteiger partial charge in [0.25, 0.3) is 0 Å². The van der Waals surface area contributed by atoms with Gasteiger partial charge in [0.15, 0.2) is 0 Å². The highest BCUT2D eigenvalue weighted by atomic mass is 16.5. The summed E-state index contributed by atoms with van der Waals surface area (Å²) in [5.41, 5.74) is 3.61. The van der Waals surface area contributed by atoms with Crippen molar-refractivity contribution in [2.45, 2.75) is 51.9 Å². The van der Waals surface area contributed by atoms with Gasteiger partial charge in [-0.1, -0.05) is 39.0 Å². The van der Waals surface area contributed by atoms with Crippen molar-refractivity contribution >= 4 is 11.7 Å². The smallest absolute Gasteiger partial charge is 0.335 e. The van der Waals surface area contributed by atoms with Crippen LogP contribution < -0.4 is 5.48 Å². The van der Waals surface area contributed by atoms with Crippen LogP contribution in [0.25, 0.3) is 0 Å². The van der Waals surface area contributed by atoms with Crippen LogP contribution >= 0.6 is 0 Å². The topological polar surface area (TPSA) is 69.6 Å². The van der Waals surface area contributed by atoms with Crippen molar-refractivity contribution in [2.75, 3.05) is 5.48 Å². The molecule has 0 unspecified atom stereocenters. The first-order valence-electron chi connectivity index (χ1n) is 6.94. The Labute approximate surface area is 114 Å². The second-order valence-electron chi connectivity index (χ2n) is 4.85. The monoisotopic (exact) mass is 265 g/mol. The molecule has 0 spiro atoms. The van der Waals surface area contributed by atoms with Gasteiger partial charge < -0.3 is 5.11 Å². The number of carboxylic acids is 1. The van der Waals surface area contributed by atoms with Crippen molar-refractivity contribution in [3.8, 4) is 0 Å². The van der Waals surface area contributed by atoms with E-state index in [1.54, 1.807) is 12.1 Å². The molecule has 0 bridgehead atoms. The molecule has 0 atom stereocenters. The third-order valence-corrected chi connectivity index (χ3v) is 3.19. The molecule has 106 valence electrons. The summed E-state index contributed by atoms with van der Waals surface area (Å²) in [4.78, 5) is 11.0. The van der Waals surface area contributed by atoms with Gasteiger partial charge in [0, 0.05) is 0 Å². The lowest BCUT2D eigenvalue weighted by atomic mass is 10.0. The summed E-state index contributed by atoms with van der Waals surface area (Å²) in [5, 5.41) is 17.9. The molecule has 4 nitrogen and oxygen atoms in total. The Morgan fingerprint density at radius 3 is 2.42 bits per heavy atom. The van der Waals surface area contributed by atoms with Crippen LogP contribution in [0.5, 0.6) is 0 Å². The molecule has 1 aromatic carbocycles. The first-order chi connectivity index (χ1) is 9.17. The lowest BCUT2D eigenvalue weighted by Crippen LogP contribution is -2.01. The zero-order chi connectivity index (χ0) is 14.1. The molecular weight excluding hydrogens is 242 g/mol. The van der Waals surface area contributed by atoms with E-state index in [0.717, 1.165) is 18.4 Å². The molecule has 19 heavy (non-hydrogen) atoms. The Hall–Kier alpha value is -1.55. The molecule has 0 aliphatic heterocycles. The number of hydrogen-bond acceptors (Lipinski definition) is 3. The molecule has 1 rings (SSSR count). The number of unbranched alkanes of at least 4 members (excludes halogenated alkanes) is 5. The molecule has 0 aliphatic rings. The summed E-state index contributed by atoms with van der Waals surface area (Å²) in [6.07, 6.45) is 8.10. The highest BCUT2D eigenvalue weighted by Crippen LogP contribution is 2.17. The van der Waals surface area contributed by atoms with Crippen LogP contribution in [0.4, 0.5) is 5.69 Å². The lowest BCUT2D eigenvalue weighted by Gasteiger charge is -2.07. The molecule has 1 aromatic rings. The van der Waals surface area contributed by atoms with E-state index in [-0.39, 0.29) is 5.56 Å². The summed E-state index contributed by atoms with van der Waals surface area (Å²) < 4.78 is 0. The summed E-state index contributed by atoms with van der Waals surface area (Å²) in [7, 11) is 0. The third-order valence-electron chi connectivity index (χ3n) is 3.19. The minimum Gasteiger partial charge on any atom is -0.478 e. The minimum atomic E-state index is -0.971. The number of carbonyl (C=O) groups is 1. The predicted molar refractivity (Wildman–Crippen MR) is 75.9 cm³/mol. The zero-order valence-corrected chi connectivity index (χ0v) is 11.5. The largest absolute Gasteiger partial charge is 0.478 e. The summed E-state index contributed by atoms with van der Waals surface area (Å²) in [5.74, 6) is -0.971. The Kier molecular flexibility index (Phi) is 6.97. The molecule has 0 aliphatic carbocycles. The van der Waals surface area contributed by atoms with Gasteiger partial charge in [0.2, 0.25) is 0 Å². The summed E-state index contributed by atoms with van der Waals surface area (Å²) in [6, 6.07) is 4.89. The van der Waals surface area contributed by atoms with Gasteiger partial charge in [-0.2, -0.15) is 0 Å². The van der Waals surface area contributed by atoms with Gasteiger partial charge in [-0.3, -0.25) is 10.7 Å². The Balaban J connectivity index is 2.48. The Bertz CT molecular complexity index is 404. The molecule has 0 amide bonds. The minimum absolute atomic E-state index is 0.208. The van der Waals surface area contributed by atoms with E-state index in [1.807, 2.05) is 5.48 Å². The maximum Gasteiger partial charge on any atom is 0.335 e. The standard InChI is InChI=1S/C15H23NO3/c1-2-3-4-5-6-7-8-12-9-13(15(17)18)11-14(10-12)16-19/h9-11,16,19H,2-8H2,1H3,(H,17,18). The fraction of sp³-hybridized carbons (Fsp3) is 0.533. The van der Waals surface area contributed by atoms with Gasteiger partial charge in [-0.05, 0) is 36.6 Å². The summed E-state index contributed by atoms with van der Waals surface area (Å²) >= 11 is 0. The predicted octanol–water partition coefficient (Wildman–Crippen LogP) is 4.09. The fourth-order valence-electron chi connectivity index (χ4n) is 2.13. The number of aryl methyl sites for hydroxylation is 1. The molecule has 3 N–H and O–H groups in total. The van der Waals surface area contributed by atoms with Gasteiger partial charge in [-0.25, -0.2) is 4.79 Å².